The molecule has 1 fully saturated rings. The van der Waals surface area contributed by atoms with Gasteiger partial charge in [0.2, 0.25) is 0 Å². The first-order chi connectivity index (χ1) is 8.13. The molecular formula is C12H15ClN2O2. The number of hydrogen-bond acceptors (Lipinski definition) is 4. The molecule has 0 amide bonds. The van der Waals surface area contributed by atoms with Crippen LogP contribution in [0.5, 0.6) is 0 Å². The molecular weight excluding hydrogens is 240 g/mol. The fourth-order valence-electron chi connectivity index (χ4n) is 1.80. The minimum absolute atomic E-state index is 0.109. The lowest BCUT2D eigenvalue weighted by Gasteiger charge is -2.15. The molecule has 0 bridgehead atoms. The zero-order valence-electron chi connectivity index (χ0n) is 9.65. The Morgan fingerprint density at radius 2 is 2.41 bits per heavy atom. The van der Waals surface area contributed by atoms with E-state index in [1.54, 1.807) is 6.07 Å². The summed E-state index contributed by atoms with van der Waals surface area (Å²) >= 11 is 5.83. The number of ether oxygens (including phenoxy) is 1. The third kappa shape index (κ3) is 2.76. The largest absolute Gasteiger partial charge is 0.383 e. The first-order valence-corrected chi connectivity index (χ1v) is 6.08. The summed E-state index contributed by atoms with van der Waals surface area (Å²) in [5.41, 5.74) is 6.06. The third-order valence-corrected chi connectivity index (χ3v) is 3.01. The molecule has 2 rings (SSSR count). The van der Waals surface area contributed by atoms with Crippen LogP contribution in [0.1, 0.15) is 30.1 Å². The first kappa shape index (κ1) is 12.3. The summed E-state index contributed by atoms with van der Waals surface area (Å²) in [6.07, 6.45) is 3.09. The molecule has 5 heteroatoms. The second kappa shape index (κ2) is 5.02. The molecule has 1 saturated carbocycles. The van der Waals surface area contributed by atoms with Crippen molar-refractivity contribution in [3.05, 3.63) is 22.8 Å². The average Bonchev–Trinajstić information content (AvgIpc) is 3.12. The highest BCUT2D eigenvalue weighted by atomic mass is 35.5. The second-order valence-electron chi connectivity index (χ2n) is 4.16. The van der Waals surface area contributed by atoms with Gasteiger partial charge in [-0.1, -0.05) is 11.6 Å². The van der Waals surface area contributed by atoms with Gasteiger partial charge < -0.3 is 10.5 Å². The van der Waals surface area contributed by atoms with Crippen molar-refractivity contribution in [2.24, 2.45) is 5.92 Å². The summed E-state index contributed by atoms with van der Waals surface area (Å²) in [4.78, 5) is 16.2. The van der Waals surface area contributed by atoms with Crippen molar-refractivity contribution in [2.75, 3.05) is 12.3 Å². The van der Waals surface area contributed by atoms with Gasteiger partial charge in [0.25, 0.3) is 0 Å². The summed E-state index contributed by atoms with van der Waals surface area (Å²) < 4.78 is 5.50. The number of anilines is 1. The highest BCUT2D eigenvalue weighted by molar-refractivity contribution is 6.31. The lowest BCUT2D eigenvalue weighted by atomic mass is 10.0. The van der Waals surface area contributed by atoms with Crippen molar-refractivity contribution in [2.45, 2.75) is 25.9 Å². The van der Waals surface area contributed by atoms with E-state index in [1.807, 2.05) is 6.92 Å². The molecule has 0 spiro atoms. The molecule has 0 aliphatic heterocycles. The lowest BCUT2D eigenvalue weighted by Crippen LogP contribution is -2.27. The molecule has 1 heterocycles. The van der Waals surface area contributed by atoms with Crippen LogP contribution in [0.15, 0.2) is 12.3 Å². The molecule has 0 radical (unpaired) electrons. The van der Waals surface area contributed by atoms with Gasteiger partial charge in [-0.05, 0) is 31.7 Å². The molecule has 0 aromatic carbocycles. The van der Waals surface area contributed by atoms with E-state index in [0.717, 1.165) is 12.8 Å². The predicted octanol–water partition coefficient (Wildman–Crippen LogP) is 2.32. The molecule has 92 valence electrons. The summed E-state index contributed by atoms with van der Waals surface area (Å²) in [7, 11) is 0. The number of Topliss-reactive ketones (excluding diaryl/α,β-unsaturated/α-hetero) is 1. The minimum Gasteiger partial charge on any atom is -0.383 e. The van der Waals surface area contributed by atoms with E-state index in [-0.39, 0.29) is 11.6 Å². The van der Waals surface area contributed by atoms with Gasteiger partial charge in [-0.25, -0.2) is 4.98 Å². The molecule has 17 heavy (non-hydrogen) atoms. The number of carbonyl (C=O) groups excluding carboxylic acids is 1. The number of nitrogens with two attached hydrogens (primary N) is 1. The summed E-state index contributed by atoms with van der Waals surface area (Å²) in [5, 5.41) is 0.411. The van der Waals surface area contributed by atoms with Gasteiger partial charge in [0, 0.05) is 12.8 Å². The molecule has 4 nitrogen and oxygen atoms in total. The van der Waals surface area contributed by atoms with E-state index in [9.17, 15) is 4.79 Å². The van der Waals surface area contributed by atoms with Gasteiger partial charge in [0.1, 0.15) is 11.9 Å². The first-order valence-electron chi connectivity index (χ1n) is 5.70. The van der Waals surface area contributed by atoms with E-state index < -0.39 is 6.10 Å². The van der Waals surface area contributed by atoms with Crippen molar-refractivity contribution in [1.29, 1.82) is 0 Å². The van der Waals surface area contributed by atoms with Gasteiger partial charge in [0.15, 0.2) is 5.78 Å². The normalized spacial score (nSPS) is 16.8. The Morgan fingerprint density at radius 1 is 1.71 bits per heavy atom. The number of rotatable bonds is 5. The van der Waals surface area contributed by atoms with Crippen LogP contribution in [-0.4, -0.2) is 23.5 Å². The summed E-state index contributed by atoms with van der Waals surface area (Å²) in [6, 6.07) is 1.56. The zero-order valence-corrected chi connectivity index (χ0v) is 10.4. The van der Waals surface area contributed by atoms with Crippen molar-refractivity contribution < 1.29 is 9.53 Å². The Kier molecular flexibility index (Phi) is 3.64. The number of halogens is 1. The topological polar surface area (TPSA) is 65.2 Å². The molecule has 1 aromatic rings. The third-order valence-electron chi connectivity index (χ3n) is 2.81. The molecule has 0 saturated heterocycles. The van der Waals surface area contributed by atoms with E-state index in [4.69, 9.17) is 22.1 Å². The van der Waals surface area contributed by atoms with Crippen LogP contribution in [0.3, 0.4) is 0 Å². The zero-order chi connectivity index (χ0) is 12.4. The number of aromatic nitrogens is 1. The molecule has 1 atom stereocenters. The van der Waals surface area contributed by atoms with Crippen molar-refractivity contribution in [1.82, 2.24) is 4.98 Å². The van der Waals surface area contributed by atoms with Crippen LogP contribution in [0, 0.1) is 5.92 Å². The highest BCUT2D eigenvalue weighted by Crippen LogP contribution is 2.36. The minimum atomic E-state index is -0.400. The summed E-state index contributed by atoms with van der Waals surface area (Å²) in [6.45, 7) is 2.39. The molecule has 2 N–H and O–H groups in total. The van der Waals surface area contributed by atoms with Crippen LogP contribution < -0.4 is 5.73 Å². The number of carbonyl (C=O) groups is 1. The van der Waals surface area contributed by atoms with Gasteiger partial charge in [0.05, 0.1) is 10.6 Å². The van der Waals surface area contributed by atoms with Crippen molar-refractivity contribution in [3.63, 3.8) is 0 Å². The number of hydrogen-bond donors (Lipinski definition) is 1. The summed E-state index contributed by atoms with van der Waals surface area (Å²) in [5.74, 6) is 0.424. The Labute approximate surface area is 105 Å². The monoisotopic (exact) mass is 254 g/mol. The predicted molar refractivity (Wildman–Crippen MR) is 66.1 cm³/mol. The average molecular weight is 255 g/mol. The standard InChI is InChI=1S/C12H15ClN2O2/c1-2-17-11(7-3-4-7)10(16)9-5-8(13)6-15-12(9)14/h5-7,11H,2-4H2,1H3,(H2,14,15). The molecule has 1 aliphatic carbocycles. The van der Waals surface area contributed by atoms with Crippen LogP contribution in [0.4, 0.5) is 5.82 Å². The SMILES string of the molecule is CCOC(C(=O)c1cc(Cl)cnc1N)C1CC1. The van der Waals surface area contributed by atoms with E-state index in [0.29, 0.717) is 23.1 Å². The Bertz CT molecular complexity index is 433. The maximum atomic E-state index is 12.3. The lowest BCUT2D eigenvalue weighted by molar-refractivity contribution is 0.0375. The number of nitrogens with zero attached hydrogens (tertiary/aromatic N) is 1. The van der Waals surface area contributed by atoms with Crippen LogP contribution in [0.25, 0.3) is 0 Å². The van der Waals surface area contributed by atoms with Crippen LogP contribution in [0.2, 0.25) is 5.02 Å². The Morgan fingerprint density at radius 3 is 3.00 bits per heavy atom. The Hall–Kier alpha value is -1.13. The van der Waals surface area contributed by atoms with E-state index in [2.05, 4.69) is 4.98 Å². The second-order valence-corrected chi connectivity index (χ2v) is 4.60. The van der Waals surface area contributed by atoms with Gasteiger partial charge in [-0.3, -0.25) is 4.79 Å². The van der Waals surface area contributed by atoms with E-state index >= 15 is 0 Å². The smallest absolute Gasteiger partial charge is 0.195 e. The van der Waals surface area contributed by atoms with Gasteiger partial charge in [-0.2, -0.15) is 0 Å². The molecule has 1 aliphatic rings. The number of ketones is 1. The van der Waals surface area contributed by atoms with E-state index in [1.165, 1.54) is 6.20 Å². The van der Waals surface area contributed by atoms with Crippen LogP contribution >= 0.6 is 11.6 Å². The number of nitrogen functional groups attached to an aromatic ring is 1. The van der Waals surface area contributed by atoms with Crippen molar-refractivity contribution >= 4 is 23.2 Å². The van der Waals surface area contributed by atoms with Gasteiger partial charge in [-0.15, -0.1) is 0 Å². The fourth-order valence-corrected chi connectivity index (χ4v) is 1.96. The Balaban J connectivity index is 2.24. The van der Waals surface area contributed by atoms with Crippen LogP contribution in [-0.2, 0) is 4.74 Å². The van der Waals surface area contributed by atoms with Crippen molar-refractivity contribution in [3.8, 4) is 0 Å². The quantitative estimate of drug-likeness (QED) is 0.819. The highest BCUT2D eigenvalue weighted by Gasteiger charge is 2.37. The number of pyridine rings is 1. The fraction of sp³-hybridized carbons (Fsp3) is 0.500. The van der Waals surface area contributed by atoms with Gasteiger partial charge >= 0.3 is 0 Å². The molecule has 1 unspecified atom stereocenters. The maximum absolute atomic E-state index is 12.3. The maximum Gasteiger partial charge on any atom is 0.195 e. The molecule has 1 aromatic heterocycles.